The fourth-order valence-corrected chi connectivity index (χ4v) is 4.78. The number of carbonyl (C=O) groups excluding carboxylic acids is 3. The summed E-state index contributed by atoms with van der Waals surface area (Å²) in [6.07, 6.45) is 9.49. The second-order valence-corrected chi connectivity index (χ2v) is 7.92. The van der Waals surface area contributed by atoms with Gasteiger partial charge >= 0.3 is 0 Å². The molecule has 132 valence electrons. The van der Waals surface area contributed by atoms with Crippen molar-refractivity contribution in [1.29, 1.82) is 0 Å². The van der Waals surface area contributed by atoms with Gasteiger partial charge in [0.05, 0.1) is 12.0 Å². The summed E-state index contributed by atoms with van der Waals surface area (Å²) in [6, 6.07) is 5.87. The molecule has 1 saturated carbocycles. The lowest BCUT2D eigenvalue weighted by Crippen LogP contribution is -2.39. The second kappa shape index (κ2) is 6.40. The van der Waals surface area contributed by atoms with E-state index in [9.17, 15) is 14.4 Å². The molecule has 0 unspecified atom stereocenters. The summed E-state index contributed by atoms with van der Waals surface area (Å²) >= 11 is 0. The standard InChI is InChI=1S/C21H25NO3/c23-18(17-9-8-15-6-2-3-7-16(15)12-17)14-22-19(24)13-21(20(22)25)10-4-1-5-11-21/h8-9,12H,1-7,10-11,13-14H2. The van der Waals surface area contributed by atoms with Crippen LogP contribution in [0.3, 0.4) is 0 Å². The summed E-state index contributed by atoms with van der Waals surface area (Å²) in [5, 5.41) is 0. The zero-order valence-electron chi connectivity index (χ0n) is 14.7. The lowest BCUT2D eigenvalue weighted by atomic mass is 9.73. The maximum atomic E-state index is 12.8. The number of Topliss-reactive ketones (excluding diaryl/α,β-unsaturated/α-hetero) is 1. The average molecular weight is 339 g/mol. The number of carbonyl (C=O) groups is 3. The first-order valence-electron chi connectivity index (χ1n) is 9.59. The third-order valence-electron chi connectivity index (χ3n) is 6.27. The summed E-state index contributed by atoms with van der Waals surface area (Å²) in [5.41, 5.74) is 2.70. The highest BCUT2D eigenvalue weighted by Gasteiger charge is 2.51. The SMILES string of the molecule is O=C(CN1C(=O)CC2(CCCCC2)C1=O)c1ccc2c(c1)CCCC2. The number of likely N-dealkylation sites (tertiary alicyclic amines) is 1. The lowest BCUT2D eigenvalue weighted by Gasteiger charge is -2.30. The van der Waals surface area contributed by atoms with Gasteiger partial charge in [-0.3, -0.25) is 19.3 Å². The fourth-order valence-electron chi connectivity index (χ4n) is 4.78. The Bertz CT molecular complexity index is 731. The van der Waals surface area contributed by atoms with Crippen molar-refractivity contribution in [2.24, 2.45) is 5.41 Å². The van der Waals surface area contributed by atoms with Crippen molar-refractivity contribution in [3.63, 3.8) is 0 Å². The number of ketones is 1. The first kappa shape index (κ1) is 16.5. The van der Waals surface area contributed by atoms with Crippen LogP contribution in [0, 0.1) is 5.41 Å². The van der Waals surface area contributed by atoms with E-state index in [0.29, 0.717) is 12.0 Å². The summed E-state index contributed by atoms with van der Waals surface area (Å²) in [5.74, 6) is -0.398. The van der Waals surface area contributed by atoms with Crippen molar-refractivity contribution < 1.29 is 14.4 Å². The highest BCUT2D eigenvalue weighted by atomic mass is 16.2. The minimum atomic E-state index is -0.508. The molecular formula is C21H25NO3. The molecule has 4 heteroatoms. The molecule has 1 aromatic carbocycles. The summed E-state index contributed by atoms with van der Waals surface area (Å²) in [7, 11) is 0. The molecule has 2 amide bonds. The topological polar surface area (TPSA) is 54.5 Å². The number of hydrogen-bond donors (Lipinski definition) is 0. The third-order valence-corrected chi connectivity index (χ3v) is 6.27. The Labute approximate surface area is 148 Å². The quantitative estimate of drug-likeness (QED) is 0.626. The van der Waals surface area contributed by atoms with Gasteiger partial charge in [-0.1, -0.05) is 31.4 Å². The van der Waals surface area contributed by atoms with Gasteiger partial charge < -0.3 is 0 Å². The van der Waals surface area contributed by atoms with E-state index in [0.717, 1.165) is 51.4 Å². The number of hydrogen-bond acceptors (Lipinski definition) is 3. The van der Waals surface area contributed by atoms with Crippen LogP contribution in [-0.4, -0.2) is 29.0 Å². The zero-order chi connectivity index (χ0) is 17.4. The van der Waals surface area contributed by atoms with Gasteiger partial charge in [-0.05, 0) is 55.7 Å². The Balaban J connectivity index is 1.51. The molecule has 1 heterocycles. The van der Waals surface area contributed by atoms with Crippen molar-refractivity contribution >= 4 is 17.6 Å². The first-order valence-corrected chi connectivity index (χ1v) is 9.59. The van der Waals surface area contributed by atoms with Crippen molar-refractivity contribution in [2.45, 2.75) is 64.2 Å². The Hall–Kier alpha value is -1.97. The molecule has 2 fully saturated rings. The summed E-state index contributed by atoms with van der Waals surface area (Å²) in [6.45, 7) is -0.0990. The van der Waals surface area contributed by atoms with E-state index in [2.05, 4.69) is 0 Å². The van der Waals surface area contributed by atoms with Crippen LogP contribution in [0.5, 0.6) is 0 Å². The largest absolute Gasteiger partial charge is 0.292 e. The Kier molecular flexibility index (Phi) is 4.22. The van der Waals surface area contributed by atoms with Gasteiger partial charge in [-0.25, -0.2) is 0 Å². The highest BCUT2D eigenvalue weighted by Crippen LogP contribution is 2.45. The number of amides is 2. The molecule has 0 atom stereocenters. The molecule has 4 nitrogen and oxygen atoms in total. The van der Waals surface area contributed by atoms with Crippen molar-refractivity contribution in [1.82, 2.24) is 4.90 Å². The molecule has 1 spiro atoms. The molecular weight excluding hydrogens is 314 g/mol. The molecule has 1 aliphatic heterocycles. The van der Waals surface area contributed by atoms with Crippen molar-refractivity contribution in [2.75, 3.05) is 6.54 Å². The van der Waals surface area contributed by atoms with Crippen LogP contribution in [0.4, 0.5) is 0 Å². The number of fused-ring (bicyclic) bond motifs is 1. The van der Waals surface area contributed by atoms with Gasteiger partial charge in [-0.15, -0.1) is 0 Å². The fraction of sp³-hybridized carbons (Fsp3) is 0.571. The maximum Gasteiger partial charge on any atom is 0.236 e. The van der Waals surface area contributed by atoms with Crippen LogP contribution in [0.2, 0.25) is 0 Å². The lowest BCUT2D eigenvalue weighted by molar-refractivity contribution is -0.141. The van der Waals surface area contributed by atoms with Crippen LogP contribution in [0.15, 0.2) is 18.2 Å². The predicted octanol–water partition coefficient (Wildman–Crippen LogP) is 3.46. The van der Waals surface area contributed by atoms with Crippen LogP contribution in [0.25, 0.3) is 0 Å². The molecule has 0 aromatic heterocycles. The Morgan fingerprint density at radius 2 is 1.68 bits per heavy atom. The molecule has 0 N–H and O–H groups in total. The van der Waals surface area contributed by atoms with Gasteiger partial charge in [0, 0.05) is 12.0 Å². The van der Waals surface area contributed by atoms with E-state index in [-0.39, 0.29) is 24.1 Å². The van der Waals surface area contributed by atoms with E-state index < -0.39 is 5.41 Å². The van der Waals surface area contributed by atoms with Gasteiger partial charge in [0.15, 0.2) is 5.78 Å². The van der Waals surface area contributed by atoms with Crippen molar-refractivity contribution in [3.8, 4) is 0 Å². The van der Waals surface area contributed by atoms with Gasteiger partial charge in [0.2, 0.25) is 11.8 Å². The Morgan fingerprint density at radius 1 is 0.960 bits per heavy atom. The predicted molar refractivity (Wildman–Crippen MR) is 94.3 cm³/mol. The molecule has 0 bridgehead atoms. The molecule has 2 aliphatic carbocycles. The molecule has 4 rings (SSSR count). The van der Waals surface area contributed by atoms with Crippen molar-refractivity contribution in [3.05, 3.63) is 34.9 Å². The Morgan fingerprint density at radius 3 is 2.44 bits per heavy atom. The van der Waals surface area contributed by atoms with E-state index in [1.165, 1.54) is 22.4 Å². The number of aryl methyl sites for hydroxylation is 2. The minimum absolute atomic E-state index is 0.0990. The highest BCUT2D eigenvalue weighted by molar-refractivity contribution is 6.10. The van der Waals surface area contributed by atoms with Gasteiger partial charge in [0.25, 0.3) is 0 Å². The zero-order valence-corrected chi connectivity index (χ0v) is 14.7. The van der Waals surface area contributed by atoms with Crippen LogP contribution in [0.1, 0.15) is 72.9 Å². The van der Waals surface area contributed by atoms with E-state index in [1.54, 1.807) is 0 Å². The molecule has 1 saturated heterocycles. The monoisotopic (exact) mass is 339 g/mol. The molecule has 1 aromatic rings. The summed E-state index contributed by atoms with van der Waals surface area (Å²) < 4.78 is 0. The number of benzene rings is 1. The molecule has 25 heavy (non-hydrogen) atoms. The second-order valence-electron chi connectivity index (χ2n) is 7.92. The first-order chi connectivity index (χ1) is 12.1. The number of rotatable bonds is 3. The van der Waals surface area contributed by atoms with Crippen LogP contribution < -0.4 is 0 Å². The van der Waals surface area contributed by atoms with Gasteiger partial charge in [0.1, 0.15) is 0 Å². The van der Waals surface area contributed by atoms with Crippen LogP contribution >= 0.6 is 0 Å². The van der Waals surface area contributed by atoms with E-state index >= 15 is 0 Å². The van der Waals surface area contributed by atoms with Crippen LogP contribution in [-0.2, 0) is 22.4 Å². The normalized spacial score (nSPS) is 22.3. The average Bonchev–Trinajstić information content (AvgIpc) is 2.86. The molecule has 0 radical (unpaired) electrons. The number of imide groups is 1. The summed E-state index contributed by atoms with van der Waals surface area (Å²) in [4.78, 5) is 39.2. The van der Waals surface area contributed by atoms with Gasteiger partial charge in [-0.2, -0.15) is 0 Å². The minimum Gasteiger partial charge on any atom is -0.292 e. The van der Waals surface area contributed by atoms with E-state index in [4.69, 9.17) is 0 Å². The maximum absolute atomic E-state index is 12.8. The smallest absolute Gasteiger partial charge is 0.236 e. The third kappa shape index (κ3) is 2.92. The van der Waals surface area contributed by atoms with E-state index in [1.807, 2.05) is 18.2 Å². The number of nitrogens with zero attached hydrogens (tertiary/aromatic N) is 1. The molecule has 3 aliphatic rings.